The van der Waals surface area contributed by atoms with Crippen LogP contribution in [0.3, 0.4) is 0 Å². The van der Waals surface area contributed by atoms with Crippen LogP contribution in [0.15, 0.2) is 18.2 Å². The lowest BCUT2D eigenvalue weighted by Gasteiger charge is -2.19. The molecule has 1 atom stereocenters. The first-order chi connectivity index (χ1) is 11.1. The molecule has 4 N–H and O–H groups in total. The molecular formula is C16H24N3O4+. The van der Waals surface area contributed by atoms with E-state index in [0.717, 1.165) is 12.1 Å². The Balaban J connectivity index is 1.78. The molecule has 2 amide bonds. The summed E-state index contributed by atoms with van der Waals surface area (Å²) in [6.45, 7) is 1.99. The van der Waals surface area contributed by atoms with Crippen LogP contribution in [0.4, 0.5) is 0 Å². The molecule has 23 heavy (non-hydrogen) atoms. The molecule has 0 unspecified atom stereocenters. The van der Waals surface area contributed by atoms with Gasteiger partial charge in [-0.05, 0) is 24.1 Å². The quantitative estimate of drug-likeness (QED) is 0.589. The van der Waals surface area contributed by atoms with Crippen LogP contribution in [0.5, 0.6) is 11.5 Å². The highest BCUT2D eigenvalue weighted by Gasteiger charge is 2.27. The predicted octanol–water partition coefficient (Wildman–Crippen LogP) is -1.19. The van der Waals surface area contributed by atoms with Crippen molar-refractivity contribution in [2.45, 2.75) is 18.9 Å². The third-order valence-corrected chi connectivity index (χ3v) is 3.82. The van der Waals surface area contributed by atoms with E-state index in [-0.39, 0.29) is 24.3 Å². The van der Waals surface area contributed by atoms with Gasteiger partial charge in [-0.3, -0.25) is 9.59 Å². The molecule has 2 rings (SSSR count). The Morgan fingerprint density at radius 2 is 2.13 bits per heavy atom. The maximum Gasteiger partial charge on any atom is 0.278 e. The fraction of sp³-hybridized carbons (Fsp3) is 0.500. The van der Waals surface area contributed by atoms with Gasteiger partial charge in [-0.2, -0.15) is 0 Å². The van der Waals surface area contributed by atoms with Crippen molar-refractivity contribution in [2.24, 2.45) is 0 Å². The predicted molar refractivity (Wildman–Crippen MR) is 84.5 cm³/mol. The van der Waals surface area contributed by atoms with Crippen molar-refractivity contribution in [2.75, 3.05) is 33.9 Å². The van der Waals surface area contributed by atoms with Gasteiger partial charge in [0.1, 0.15) is 0 Å². The van der Waals surface area contributed by atoms with Crippen molar-refractivity contribution >= 4 is 11.8 Å². The van der Waals surface area contributed by atoms with E-state index in [1.165, 1.54) is 0 Å². The van der Waals surface area contributed by atoms with Crippen LogP contribution in [0.1, 0.15) is 12.0 Å². The molecule has 1 aromatic carbocycles. The third kappa shape index (κ3) is 4.85. The van der Waals surface area contributed by atoms with E-state index < -0.39 is 0 Å². The first kappa shape index (κ1) is 17.1. The number of carbonyl (C=O) groups excluding carboxylic acids is 2. The van der Waals surface area contributed by atoms with Crippen molar-refractivity contribution in [3.63, 3.8) is 0 Å². The van der Waals surface area contributed by atoms with E-state index >= 15 is 0 Å². The summed E-state index contributed by atoms with van der Waals surface area (Å²) in [5.41, 5.74) is 1.05. The fourth-order valence-corrected chi connectivity index (χ4v) is 2.55. The molecule has 7 nitrogen and oxygen atoms in total. The minimum atomic E-state index is -0.315. The van der Waals surface area contributed by atoms with Crippen molar-refractivity contribution in [3.05, 3.63) is 23.8 Å². The van der Waals surface area contributed by atoms with Crippen LogP contribution in [0.25, 0.3) is 0 Å². The Labute approximate surface area is 135 Å². The molecule has 0 aliphatic carbocycles. The maximum atomic E-state index is 11.9. The second kappa shape index (κ2) is 8.38. The zero-order chi connectivity index (χ0) is 16.7. The number of piperazine rings is 1. The second-order valence-electron chi connectivity index (χ2n) is 5.42. The Morgan fingerprint density at radius 1 is 1.35 bits per heavy atom. The third-order valence-electron chi connectivity index (χ3n) is 3.82. The summed E-state index contributed by atoms with van der Waals surface area (Å²) in [7, 11) is 3.19. The van der Waals surface area contributed by atoms with Crippen molar-refractivity contribution in [1.82, 2.24) is 10.6 Å². The zero-order valence-electron chi connectivity index (χ0n) is 13.6. The lowest BCUT2D eigenvalue weighted by molar-refractivity contribution is -0.678. The number of quaternary nitrogens is 1. The Kier molecular flexibility index (Phi) is 6.22. The summed E-state index contributed by atoms with van der Waals surface area (Å²) in [6, 6.07) is 5.37. The molecule has 0 spiro atoms. The Morgan fingerprint density at radius 3 is 2.83 bits per heavy atom. The molecule has 1 saturated heterocycles. The van der Waals surface area contributed by atoms with Crippen LogP contribution in [0, 0.1) is 0 Å². The number of nitrogens with two attached hydrogens (primary N) is 1. The molecule has 1 heterocycles. The van der Waals surface area contributed by atoms with Gasteiger partial charge in [0.2, 0.25) is 5.91 Å². The van der Waals surface area contributed by atoms with E-state index in [4.69, 9.17) is 9.47 Å². The Bertz CT molecular complexity index is 562. The number of nitrogens with one attached hydrogen (secondary N) is 2. The molecule has 0 aromatic heterocycles. The van der Waals surface area contributed by atoms with Gasteiger partial charge in [0.15, 0.2) is 17.5 Å². The number of rotatable bonds is 7. The summed E-state index contributed by atoms with van der Waals surface area (Å²) in [5.74, 6) is 1.18. The van der Waals surface area contributed by atoms with Gasteiger partial charge in [-0.15, -0.1) is 0 Å². The van der Waals surface area contributed by atoms with Gasteiger partial charge in [0, 0.05) is 6.54 Å². The summed E-state index contributed by atoms with van der Waals surface area (Å²) in [4.78, 5) is 23.5. The van der Waals surface area contributed by atoms with Gasteiger partial charge < -0.3 is 25.4 Å². The molecule has 1 aliphatic rings. The number of ether oxygens (including phenoxy) is 2. The van der Waals surface area contributed by atoms with Crippen molar-refractivity contribution in [3.8, 4) is 11.5 Å². The maximum absolute atomic E-state index is 11.9. The monoisotopic (exact) mass is 322 g/mol. The highest BCUT2D eigenvalue weighted by atomic mass is 16.5. The van der Waals surface area contributed by atoms with Gasteiger partial charge in [0.05, 0.1) is 33.7 Å². The largest absolute Gasteiger partial charge is 0.493 e. The van der Waals surface area contributed by atoms with E-state index in [9.17, 15) is 9.59 Å². The second-order valence-corrected chi connectivity index (χ2v) is 5.42. The van der Waals surface area contributed by atoms with E-state index in [0.29, 0.717) is 31.0 Å². The molecule has 1 fully saturated rings. The number of benzene rings is 1. The van der Waals surface area contributed by atoms with Gasteiger partial charge >= 0.3 is 0 Å². The molecule has 1 aromatic rings. The zero-order valence-corrected chi connectivity index (χ0v) is 13.6. The minimum absolute atomic E-state index is 0.0636. The lowest BCUT2D eigenvalue weighted by atomic mass is 10.1. The van der Waals surface area contributed by atoms with Crippen LogP contribution in [-0.2, 0) is 16.0 Å². The van der Waals surface area contributed by atoms with Crippen LogP contribution in [-0.4, -0.2) is 51.7 Å². The standard InChI is InChI=1S/C16H23N3O4/c1-22-13-4-3-11(9-14(13)23-2)5-6-18-15(20)10-12-16(21)19-8-7-17-12/h3-4,9,12,17H,5-8,10H2,1-2H3,(H,18,20)(H,19,21)/p+1/t12-/m0/s1. The van der Waals surface area contributed by atoms with Gasteiger partial charge in [-0.25, -0.2) is 0 Å². The average Bonchev–Trinajstić information content (AvgIpc) is 2.56. The normalized spacial score (nSPS) is 17.3. The summed E-state index contributed by atoms with van der Waals surface area (Å²) < 4.78 is 10.4. The lowest BCUT2D eigenvalue weighted by Crippen LogP contribution is -2.96. The number of methoxy groups -OCH3 is 2. The SMILES string of the molecule is COc1ccc(CCNC(=O)C[C@@H]2[NH2+]CCNC2=O)cc1OC. The summed E-state index contributed by atoms with van der Waals surface area (Å²) in [5, 5.41) is 7.53. The van der Waals surface area contributed by atoms with Gasteiger partial charge in [0.25, 0.3) is 5.91 Å². The van der Waals surface area contributed by atoms with Crippen LogP contribution in [0.2, 0.25) is 0 Å². The highest BCUT2D eigenvalue weighted by molar-refractivity contribution is 5.87. The molecule has 126 valence electrons. The first-order valence-corrected chi connectivity index (χ1v) is 7.72. The van der Waals surface area contributed by atoms with Crippen molar-refractivity contribution in [1.29, 1.82) is 0 Å². The van der Waals surface area contributed by atoms with Crippen LogP contribution >= 0.6 is 0 Å². The molecule has 0 radical (unpaired) electrons. The number of hydrogen-bond donors (Lipinski definition) is 3. The van der Waals surface area contributed by atoms with Crippen molar-refractivity contribution < 1.29 is 24.4 Å². The minimum Gasteiger partial charge on any atom is -0.493 e. The average molecular weight is 322 g/mol. The summed E-state index contributed by atoms with van der Waals surface area (Å²) in [6.07, 6.45) is 0.893. The molecular weight excluding hydrogens is 298 g/mol. The smallest absolute Gasteiger partial charge is 0.278 e. The Hall–Kier alpha value is -2.28. The first-order valence-electron chi connectivity index (χ1n) is 7.72. The van der Waals surface area contributed by atoms with E-state index in [1.54, 1.807) is 14.2 Å². The topological polar surface area (TPSA) is 93.3 Å². The molecule has 7 heteroatoms. The van der Waals surface area contributed by atoms with E-state index in [2.05, 4.69) is 10.6 Å². The molecule has 1 aliphatic heterocycles. The highest BCUT2D eigenvalue weighted by Crippen LogP contribution is 2.27. The molecule has 0 saturated carbocycles. The molecule has 0 bridgehead atoms. The number of amides is 2. The summed E-state index contributed by atoms with van der Waals surface area (Å²) >= 11 is 0. The van der Waals surface area contributed by atoms with E-state index in [1.807, 2.05) is 23.5 Å². The van der Waals surface area contributed by atoms with Gasteiger partial charge in [-0.1, -0.05) is 6.07 Å². The van der Waals surface area contributed by atoms with Crippen LogP contribution < -0.4 is 25.4 Å². The number of hydrogen-bond acceptors (Lipinski definition) is 4. The fourth-order valence-electron chi connectivity index (χ4n) is 2.55. The number of carbonyl (C=O) groups is 2.